The summed E-state index contributed by atoms with van der Waals surface area (Å²) in [7, 11) is 0. The molecular weight excluding hydrogens is 120 g/mol. The number of hydrogen-bond acceptors (Lipinski definition) is 0. The number of rotatable bonds is 1. The van der Waals surface area contributed by atoms with E-state index in [9.17, 15) is 0 Å². The first-order valence-corrected chi connectivity index (χ1v) is 4.05. The van der Waals surface area contributed by atoms with Crippen molar-refractivity contribution in [1.82, 2.24) is 0 Å². The van der Waals surface area contributed by atoms with E-state index < -0.39 is 0 Å². The van der Waals surface area contributed by atoms with Gasteiger partial charge in [-0.1, -0.05) is 40.5 Å². The van der Waals surface area contributed by atoms with Gasteiger partial charge in [0.2, 0.25) is 0 Å². The van der Waals surface area contributed by atoms with Crippen LogP contribution in [0.3, 0.4) is 0 Å². The van der Waals surface area contributed by atoms with Crippen molar-refractivity contribution >= 4 is 0 Å². The zero-order valence-corrected chi connectivity index (χ0v) is 7.73. The highest BCUT2D eigenvalue weighted by atomic mass is 14.0. The van der Waals surface area contributed by atoms with Gasteiger partial charge < -0.3 is 0 Å². The lowest BCUT2D eigenvalue weighted by atomic mass is 9.98. The minimum absolute atomic E-state index is 0.515. The van der Waals surface area contributed by atoms with Crippen LogP contribution in [0.1, 0.15) is 34.6 Å². The average molecular weight is 138 g/mol. The van der Waals surface area contributed by atoms with Crippen molar-refractivity contribution in [2.24, 2.45) is 17.8 Å². The topological polar surface area (TPSA) is 0 Å². The van der Waals surface area contributed by atoms with Crippen LogP contribution in [-0.4, -0.2) is 0 Å². The van der Waals surface area contributed by atoms with Crippen molar-refractivity contribution in [3.63, 3.8) is 0 Å². The zero-order chi connectivity index (χ0) is 8.15. The Kier molecular flexibility index (Phi) is 4.19. The molecule has 0 bridgehead atoms. The molecule has 0 aliphatic carbocycles. The van der Waals surface area contributed by atoms with E-state index in [0.29, 0.717) is 17.8 Å². The Hall–Kier alpha value is -0.440. The molecule has 0 saturated carbocycles. The Morgan fingerprint density at radius 1 is 0.800 bits per heavy atom. The van der Waals surface area contributed by atoms with Crippen LogP contribution < -0.4 is 0 Å². The van der Waals surface area contributed by atoms with Gasteiger partial charge in [-0.15, -0.1) is 5.92 Å². The van der Waals surface area contributed by atoms with Crippen molar-refractivity contribution in [3.05, 3.63) is 0 Å². The molecule has 0 aliphatic heterocycles. The van der Waals surface area contributed by atoms with Gasteiger partial charge in [0, 0.05) is 11.8 Å². The Labute approximate surface area is 65.0 Å². The van der Waals surface area contributed by atoms with Crippen LogP contribution >= 0.6 is 0 Å². The summed E-state index contributed by atoms with van der Waals surface area (Å²) in [6.07, 6.45) is 0. The summed E-state index contributed by atoms with van der Waals surface area (Å²) in [5.74, 6) is 8.15. The molecule has 0 heterocycles. The lowest BCUT2D eigenvalue weighted by Gasteiger charge is -2.06. The fourth-order valence-electron chi connectivity index (χ4n) is 0.465. The smallest absolute Gasteiger partial charge is 0.0197 e. The number of hydrogen-bond donors (Lipinski definition) is 0. The molecule has 0 aromatic heterocycles. The summed E-state index contributed by atoms with van der Waals surface area (Å²) in [6.45, 7) is 10.8. The summed E-state index contributed by atoms with van der Waals surface area (Å²) in [6, 6.07) is 0. The molecule has 0 saturated heterocycles. The van der Waals surface area contributed by atoms with Crippen molar-refractivity contribution < 1.29 is 0 Å². The first kappa shape index (κ1) is 9.56. The highest BCUT2D eigenvalue weighted by Gasteiger charge is 2.01. The predicted octanol–water partition coefficient (Wildman–Crippen LogP) is 2.94. The lowest BCUT2D eigenvalue weighted by molar-refractivity contribution is 0.519. The third-order valence-electron chi connectivity index (χ3n) is 1.60. The van der Waals surface area contributed by atoms with Gasteiger partial charge in [0.25, 0.3) is 0 Å². The predicted molar refractivity (Wildman–Crippen MR) is 46.6 cm³/mol. The van der Waals surface area contributed by atoms with Crippen molar-refractivity contribution in [1.29, 1.82) is 0 Å². The summed E-state index contributed by atoms with van der Waals surface area (Å²) in [5, 5.41) is 0. The third kappa shape index (κ3) is 4.44. The van der Waals surface area contributed by atoms with E-state index in [1.165, 1.54) is 0 Å². The molecule has 0 unspecified atom stereocenters. The summed E-state index contributed by atoms with van der Waals surface area (Å²) < 4.78 is 0. The Balaban J connectivity index is 3.80. The molecule has 0 radical (unpaired) electrons. The molecule has 10 heavy (non-hydrogen) atoms. The van der Waals surface area contributed by atoms with Gasteiger partial charge in [0.15, 0.2) is 0 Å². The molecule has 0 heteroatoms. The molecule has 0 spiro atoms. The molecule has 0 nitrogen and oxygen atoms in total. The minimum Gasteiger partial charge on any atom is -0.100 e. The second-order valence-electron chi connectivity index (χ2n) is 3.48. The standard InChI is InChI=1S/C10H18/c1-8(2)6-7-10(5)9(3)4/h8-10H,1-5H3/t10-/m0/s1. The fourth-order valence-corrected chi connectivity index (χ4v) is 0.465. The highest BCUT2D eigenvalue weighted by molar-refractivity contribution is 5.04. The van der Waals surface area contributed by atoms with Gasteiger partial charge in [-0.25, -0.2) is 0 Å². The SMILES string of the molecule is CC(C)C#C[C@H](C)C(C)C. The maximum Gasteiger partial charge on any atom is 0.0197 e. The van der Waals surface area contributed by atoms with Crippen molar-refractivity contribution in [2.75, 3.05) is 0 Å². The summed E-state index contributed by atoms with van der Waals surface area (Å²) >= 11 is 0. The van der Waals surface area contributed by atoms with Gasteiger partial charge >= 0.3 is 0 Å². The Morgan fingerprint density at radius 2 is 1.30 bits per heavy atom. The first-order valence-electron chi connectivity index (χ1n) is 4.05. The quantitative estimate of drug-likeness (QED) is 0.489. The normalized spacial score (nSPS) is 13.1. The Bertz CT molecular complexity index is 132. The summed E-state index contributed by atoms with van der Waals surface area (Å²) in [5.41, 5.74) is 0. The van der Waals surface area contributed by atoms with E-state index in [4.69, 9.17) is 0 Å². The van der Waals surface area contributed by atoms with Gasteiger partial charge in [-0.05, 0) is 5.92 Å². The molecule has 0 aromatic carbocycles. The third-order valence-corrected chi connectivity index (χ3v) is 1.60. The van der Waals surface area contributed by atoms with E-state index >= 15 is 0 Å². The minimum atomic E-state index is 0.515. The van der Waals surface area contributed by atoms with Crippen LogP contribution in [-0.2, 0) is 0 Å². The highest BCUT2D eigenvalue weighted by Crippen LogP contribution is 2.07. The maximum atomic E-state index is 3.23. The second kappa shape index (κ2) is 4.39. The first-order chi connectivity index (χ1) is 4.54. The van der Waals surface area contributed by atoms with E-state index in [1.54, 1.807) is 0 Å². The van der Waals surface area contributed by atoms with Crippen LogP contribution in [0.2, 0.25) is 0 Å². The van der Waals surface area contributed by atoms with Crippen molar-refractivity contribution in [3.8, 4) is 11.8 Å². The summed E-state index contributed by atoms with van der Waals surface area (Å²) in [4.78, 5) is 0. The molecule has 0 aliphatic rings. The molecular formula is C10H18. The van der Waals surface area contributed by atoms with Crippen LogP contribution in [0.15, 0.2) is 0 Å². The molecule has 0 fully saturated rings. The van der Waals surface area contributed by atoms with Crippen molar-refractivity contribution in [2.45, 2.75) is 34.6 Å². The molecule has 0 amide bonds. The molecule has 0 aromatic rings. The van der Waals surface area contributed by atoms with Crippen LogP contribution in [0, 0.1) is 29.6 Å². The van der Waals surface area contributed by atoms with Crippen LogP contribution in [0.25, 0.3) is 0 Å². The van der Waals surface area contributed by atoms with Gasteiger partial charge in [0.1, 0.15) is 0 Å². The molecule has 1 atom stereocenters. The maximum absolute atomic E-state index is 3.23. The molecule has 58 valence electrons. The largest absolute Gasteiger partial charge is 0.100 e. The van der Waals surface area contributed by atoms with Gasteiger partial charge in [0.05, 0.1) is 0 Å². The van der Waals surface area contributed by atoms with E-state index in [0.717, 1.165) is 0 Å². The van der Waals surface area contributed by atoms with Crippen LogP contribution in [0.4, 0.5) is 0 Å². The monoisotopic (exact) mass is 138 g/mol. The van der Waals surface area contributed by atoms with E-state index in [1.807, 2.05) is 0 Å². The lowest BCUT2D eigenvalue weighted by Crippen LogP contribution is -2.00. The zero-order valence-electron chi connectivity index (χ0n) is 7.73. The van der Waals surface area contributed by atoms with Gasteiger partial charge in [-0.2, -0.15) is 0 Å². The fraction of sp³-hybridized carbons (Fsp3) is 0.800. The molecule has 0 rings (SSSR count). The van der Waals surface area contributed by atoms with Crippen LogP contribution in [0.5, 0.6) is 0 Å². The second-order valence-corrected chi connectivity index (χ2v) is 3.48. The molecule has 0 N–H and O–H groups in total. The Morgan fingerprint density at radius 3 is 1.60 bits per heavy atom. The van der Waals surface area contributed by atoms with E-state index in [2.05, 4.69) is 46.5 Å². The van der Waals surface area contributed by atoms with E-state index in [-0.39, 0.29) is 0 Å². The average Bonchev–Trinajstić information content (AvgIpc) is 1.82. The van der Waals surface area contributed by atoms with Gasteiger partial charge in [-0.3, -0.25) is 0 Å².